The lowest BCUT2D eigenvalue weighted by molar-refractivity contribution is -0.148. The molecule has 2 atom stereocenters. The number of aromatic nitrogens is 1. The highest BCUT2D eigenvalue weighted by molar-refractivity contribution is 7.13. The molecule has 0 bridgehead atoms. The fourth-order valence-electron chi connectivity index (χ4n) is 4.75. The second-order valence-corrected chi connectivity index (χ2v) is 9.42. The highest BCUT2D eigenvalue weighted by Gasteiger charge is 2.39. The maximum Gasteiger partial charge on any atom is 0.413 e. The van der Waals surface area contributed by atoms with Gasteiger partial charge in [0.1, 0.15) is 12.6 Å². The number of β-amino-alcohol motifs (C(OH)–C–C–N with tert-alkyl or cyclic N) is 1. The number of hydrogen-bond acceptors (Lipinski definition) is 7. The first-order valence-corrected chi connectivity index (χ1v) is 12.1. The number of aliphatic carboxylic acids is 1. The number of carboxylic acid groups (broad SMARTS) is 1. The van der Waals surface area contributed by atoms with Gasteiger partial charge in [-0.25, -0.2) is 14.6 Å². The van der Waals surface area contributed by atoms with Gasteiger partial charge in [-0.2, -0.15) is 0 Å². The summed E-state index contributed by atoms with van der Waals surface area (Å²) in [5.41, 5.74) is 4.91. The van der Waals surface area contributed by atoms with Gasteiger partial charge < -0.3 is 19.8 Å². The molecule has 3 aromatic rings. The number of aliphatic hydroxyl groups excluding tert-OH is 1. The average Bonchev–Trinajstić information content (AvgIpc) is 3.53. The van der Waals surface area contributed by atoms with Crippen LogP contribution in [0.5, 0.6) is 0 Å². The normalized spacial score (nSPS) is 18.7. The molecular weight excluding hydrogens is 470 g/mol. The Morgan fingerprint density at radius 2 is 1.74 bits per heavy atom. The van der Waals surface area contributed by atoms with Crippen LogP contribution < -0.4 is 5.32 Å². The summed E-state index contributed by atoms with van der Waals surface area (Å²) in [6.07, 6.45) is -1.62. The number of amides is 2. The van der Waals surface area contributed by atoms with Gasteiger partial charge in [-0.15, -0.1) is 11.3 Å². The van der Waals surface area contributed by atoms with Crippen molar-refractivity contribution in [3.05, 3.63) is 70.7 Å². The van der Waals surface area contributed by atoms with Crippen LogP contribution in [0.25, 0.3) is 11.1 Å². The van der Waals surface area contributed by atoms with E-state index in [2.05, 4.69) is 22.4 Å². The van der Waals surface area contributed by atoms with Gasteiger partial charge in [-0.3, -0.25) is 10.1 Å². The molecule has 2 heterocycles. The molecule has 1 aliphatic heterocycles. The molecule has 2 aromatic carbocycles. The highest BCUT2D eigenvalue weighted by atomic mass is 32.1. The zero-order valence-electron chi connectivity index (χ0n) is 18.6. The van der Waals surface area contributed by atoms with Crippen molar-refractivity contribution in [1.82, 2.24) is 9.88 Å². The molecule has 5 rings (SSSR count). The Bertz CT molecular complexity index is 1250. The molecule has 0 saturated carbocycles. The van der Waals surface area contributed by atoms with E-state index < -0.39 is 30.1 Å². The summed E-state index contributed by atoms with van der Waals surface area (Å²) in [4.78, 5) is 41.8. The molecule has 180 valence electrons. The number of benzene rings is 2. The van der Waals surface area contributed by atoms with Gasteiger partial charge in [-0.05, 0) is 22.3 Å². The van der Waals surface area contributed by atoms with Crippen molar-refractivity contribution < 1.29 is 29.3 Å². The second-order valence-electron chi connectivity index (χ2n) is 8.56. The van der Waals surface area contributed by atoms with Crippen LogP contribution in [0.15, 0.2) is 53.9 Å². The predicted octanol–water partition coefficient (Wildman–Crippen LogP) is 3.09. The van der Waals surface area contributed by atoms with Gasteiger partial charge in [0, 0.05) is 24.3 Å². The predicted molar refractivity (Wildman–Crippen MR) is 128 cm³/mol. The van der Waals surface area contributed by atoms with Crippen molar-refractivity contribution in [1.29, 1.82) is 0 Å². The minimum atomic E-state index is -1.15. The van der Waals surface area contributed by atoms with E-state index in [1.54, 1.807) is 5.38 Å². The zero-order valence-corrected chi connectivity index (χ0v) is 19.4. The number of carboxylic acids is 1. The smallest absolute Gasteiger partial charge is 0.413 e. The Morgan fingerprint density at radius 3 is 2.40 bits per heavy atom. The number of thiazole rings is 1. The summed E-state index contributed by atoms with van der Waals surface area (Å²) >= 11 is 1.15. The Kier molecular flexibility index (Phi) is 6.23. The Balaban J connectivity index is 1.18. The number of carbonyl (C=O) groups is 3. The third-order valence-corrected chi connectivity index (χ3v) is 7.13. The Labute approximate surface area is 205 Å². The van der Waals surface area contributed by atoms with Gasteiger partial charge in [0.2, 0.25) is 5.91 Å². The summed E-state index contributed by atoms with van der Waals surface area (Å²) in [5, 5.41) is 23.5. The van der Waals surface area contributed by atoms with E-state index in [0.29, 0.717) is 5.69 Å². The molecule has 1 fully saturated rings. The molecule has 1 aromatic heterocycles. The van der Waals surface area contributed by atoms with E-state index in [-0.39, 0.29) is 37.0 Å². The number of nitrogens with one attached hydrogen (secondary N) is 1. The highest BCUT2D eigenvalue weighted by Crippen LogP contribution is 2.44. The van der Waals surface area contributed by atoms with Gasteiger partial charge >= 0.3 is 12.1 Å². The molecule has 9 nitrogen and oxygen atoms in total. The van der Waals surface area contributed by atoms with Gasteiger partial charge in [0.05, 0.1) is 18.2 Å². The first-order valence-electron chi connectivity index (χ1n) is 11.2. The number of aliphatic hydroxyl groups is 1. The fraction of sp³-hybridized carbons (Fsp3) is 0.280. The van der Waals surface area contributed by atoms with Crippen molar-refractivity contribution in [3.8, 4) is 11.1 Å². The molecule has 1 saturated heterocycles. The molecule has 2 aliphatic rings. The molecule has 0 radical (unpaired) electrons. The van der Waals surface area contributed by atoms with Crippen LogP contribution >= 0.6 is 11.3 Å². The average molecular weight is 494 g/mol. The SMILES string of the molecule is O=C(Nc1nc(CC(=O)N2CC(O)C[C@H]2C(=O)O)cs1)OCC1c2ccccc2-c2ccccc21. The molecule has 0 spiro atoms. The lowest BCUT2D eigenvalue weighted by atomic mass is 9.98. The summed E-state index contributed by atoms with van der Waals surface area (Å²) < 4.78 is 5.52. The number of rotatable bonds is 6. The lowest BCUT2D eigenvalue weighted by Gasteiger charge is -2.20. The van der Waals surface area contributed by atoms with Crippen LogP contribution in [0.4, 0.5) is 9.93 Å². The number of nitrogens with zero attached hydrogens (tertiary/aromatic N) is 2. The standard InChI is InChI=1S/C25H23N3O6S/c29-15-10-21(23(31)32)28(11-15)22(30)9-14-13-35-24(26-14)27-25(33)34-12-20-18-7-3-1-5-16(18)17-6-2-4-8-19(17)20/h1-8,13,15,20-21,29H,9-12H2,(H,31,32)(H,26,27,33)/t15?,21-/m0/s1. The fourth-order valence-corrected chi connectivity index (χ4v) is 5.44. The van der Waals surface area contributed by atoms with E-state index in [1.807, 2.05) is 36.4 Å². The van der Waals surface area contributed by atoms with E-state index in [4.69, 9.17) is 4.74 Å². The van der Waals surface area contributed by atoms with Crippen LogP contribution in [0.3, 0.4) is 0 Å². The van der Waals surface area contributed by atoms with E-state index >= 15 is 0 Å². The lowest BCUT2D eigenvalue weighted by Crippen LogP contribution is -2.41. The van der Waals surface area contributed by atoms with Crippen molar-refractivity contribution >= 4 is 34.4 Å². The van der Waals surface area contributed by atoms with Crippen molar-refractivity contribution in [2.24, 2.45) is 0 Å². The van der Waals surface area contributed by atoms with Crippen molar-refractivity contribution in [2.75, 3.05) is 18.5 Å². The largest absolute Gasteiger partial charge is 0.480 e. The molecule has 1 aliphatic carbocycles. The maximum atomic E-state index is 12.6. The van der Waals surface area contributed by atoms with E-state index in [0.717, 1.165) is 38.5 Å². The minimum Gasteiger partial charge on any atom is -0.480 e. The molecule has 3 N–H and O–H groups in total. The minimum absolute atomic E-state index is 0.00668. The first kappa shape index (κ1) is 23.0. The number of anilines is 1. The van der Waals surface area contributed by atoms with E-state index in [9.17, 15) is 24.6 Å². The summed E-state index contributed by atoms with van der Waals surface area (Å²) in [6.45, 7) is 0.148. The summed E-state index contributed by atoms with van der Waals surface area (Å²) in [6, 6.07) is 15.1. The third kappa shape index (κ3) is 4.62. The molecule has 2 amide bonds. The first-order chi connectivity index (χ1) is 16.9. The summed E-state index contributed by atoms with van der Waals surface area (Å²) in [7, 11) is 0. The Morgan fingerprint density at radius 1 is 1.09 bits per heavy atom. The quantitative estimate of drug-likeness (QED) is 0.481. The van der Waals surface area contributed by atoms with Crippen LogP contribution in [-0.2, 0) is 20.7 Å². The molecular formula is C25H23N3O6S. The molecule has 35 heavy (non-hydrogen) atoms. The van der Waals surface area contributed by atoms with Gasteiger partial charge in [0.15, 0.2) is 5.13 Å². The van der Waals surface area contributed by atoms with Gasteiger partial charge in [0.25, 0.3) is 0 Å². The number of fused-ring (bicyclic) bond motifs is 3. The number of carbonyl (C=O) groups excluding carboxylic acids is 2. The second kappa shape index (κ2) is 9.47. The third-order valence-electron chi connectivity index (χ3n) is 6.32. The van der Waals surface area contributed by atoms with Crippen molar-refractivity contribution in [3.63, 3.8) is 0 Å². The van der Waals surface area contributed by atoms with Crippen molar-refractivity contribution in [2.45, 2.75) is 30.9 Å². The number of likely N-dealkylation sites (tertiary alicyclic amines) is 1. The van der Waals surface area contributed by atoms with Crippen LogP contribution in [0, 0.1) is 0 Å². The zero-order chi connectivity index (χ0) is 24.5. The Hall–Kier alpha value is -3.76. The van der Waals surface area contributed by atoms with Gasteiger partial charge in [-0.1, -0.05) is 48.5 Å². The van der Waals surface area contributed by atoms with Crippen LogP contribution in [0.2, 0.25) is 0 Å². The number of hydrogen-bond donors (Lipinski definition) is 3. The molecule has 10 heteroatoms. The monoisotopic (exact) mass is 493 g/mol. The van der Waals surface area contributed by atoms with Crippen LogP contribution in [-0.4, -0.2) is 63.4 Å². The number of ether oxygens (including phenoxy) is 1. The summed E-state index contributed by atoms with van der Waals surface area (Å²) in [5.74, 6) is -1.65. The topological polar surface area (TPSA) is 129 Å². The van der Waals surface area contributed by atoms with Crippen LogP contribution in [0.1, 0.15) is 29.2 Å². The molecule has 1 unspecified atom stereocenters. The maximum absolute atomic E-state index is 12.6. The van der Waals surface area contributed by atoms with E-state index in [1.165, 1.54) is 0 Å².